The molecule has 1 heterocycles. The molecule has 0 unspecified atom stereocenters. The predicted octanol–water partition coefficient (Wildman–Crippen LogP) is 4.92. The van der Waals surface area contributed by atoms with Crippen molar-refractivity contribution < 1.29 is 0 Å². The Hall–Kier alpha value is -2.38. The summed E-state index contributed by atoms with van der Waals surface area (Å²) in [6.45, 7) is 1.96. The van der Waals surface area contributed by atoms with Gasteiger partial charge in [0.15, 0.2) is 0 Å². The molecule has 1 N–H and O–H groups in total. The number of nitrogens with one attached hydrogen (secondary N) is 1. The van der Waals surface area contributed by atoms with E-state index >= 15 is 0 Å². The maximum atomic E-state index is 9.24. The Morgan fingerprint density at radius 3 is 2.71 bits per heavy atom. The molecule has 0 radical (unpaired) electrons. The van der Waals surface area contributed by atoms with Crippen LogP contribution in [0.3, 0.4) is 0 Å². The fraction of sp³-hybridized carbons (Fsp3) is 0.0588. The zero-order chi connectivity index (χ0) is 14.8. The fourth-order valence-corrected chi connectivity index (χ4v) is 2.63. The molecule has 21 heavy (non-hydrogen) atoms. The lowest BCUT2D eigenvalue weighted by Gasteiger charge is -2.12. The zero-order valence-electron chi connectivity index (χ0n) is 11.4. The lowest BCUT2D eigenvalue weighted by atomic mass is 10.1. The van der Waals surface area contributed by atoms with Crippen LogP contribution in [0.15, 0.2) is 53.0 Å². The third-order valence-electron chi connectivity index (χ3n) is 3.22. The highest BCUT2D eigenvalue weighted by atomic mass is 79.9. The molecule has 0 atom stereocenters. The maximum absolute atomic E-state index is 9.24. The molecule has 102 valence electrons. The number of nitrogens with zero attached hydrogens (tertiary/aromatic N) is 2. The third-order valence-corrected chi connectivity index (χ3v) is 3.71. The van der Waals surface area contributed by atoms with E-state index in [1.807, 2.05) is 49.4 Å². The van der Waals surface area contributed by atoms with Gasteiger partial charge in [-0.3, -0.25) is 4.98 Å². The Bertz CT molecular complexity index is 866. The summed E-state index contributed by atoms with van der Waals surface area (Å²) in [4.78, 5) is 4.52. The van der Waals surface area contributed by atoms with E-state index in [0.29, 0.717) is 5.56 Å². The lowest BCUT2D eigenvalue weighted by Crippen LogP contribution is -1.97. The smallest absolute Gasteiger partial charge is 0.101 e. The molecular formula is C17H12BrN3. The van der Waals surface area contributed by atoms with E-state index in [0.717, 1.165) is 32.4 Å². The Balaban J connectivity index is 2.15. The Kier molecular flexibility index (Phi) is 3.59. The molecule has 0 aliphatic rings. The summed E-state index contributed by atoms with van der Waals surface area (Å²) in [6, 6.07) is 17.7. The van der Waals surface area contributed by atoms with Crippen molar-refractivity contribution >= 4 is 38.2 Å². The predicted molar refractivity (Wildman–Crippen MR) is 88.6 cm³/mol. The summed E-state index contributed by atoms with van der Waals surface area (Å²) in [5.41, 5.74) is 4.21. The van der Waals surface area contributed by atoms with Crippen LogP contribution in [-0.2, 0) is 0 Å². The number of fused-ring (bicyclic) bond motifs is 1. The maximum Gasteiger partial charge on any atom is 0.101 e. The molecule has 2 aromatic carbocycles. The average molecular weight is 338 g/mol. The van der Waals surface area contributed by atoms with Gasteiger partial charge >= 0.3 is 0 Å². The first-order chi connectivity index (χ1) is 10.2. The van der Waals surface area contributed by atoms with Gasteiger partial charge in [0.25, 0.3) is 0 Å². The number of hydrogen-bond acceptors (Lipinski definition) is 3. The number of aryl methyl sites for hydroxylation is 1. The number of pyridine rings is 1. The van der Waals surface area contributed by atoms with E-state index in [1.54, 1.807) is 6.07 Å². The highest BCUT2D eigenvalue weighted by molar-refractivity contribution is 9.10. The van der Waals surface area contributed by atoms with Crippen LogP contribution in [-0.4, -0.2) is 4.98 Å². The average Bonchev–Trinajstić information content (AvgIpc) is 2.47. The van der Waals surface area contributed by atoms with Crippen LogP contribution in [0.4, 0.5) is 11.4 Å². The van der Waals surface area contributed by atoms with Crippen molar-refractivity contribution in [1.29, 1.82) is 5.26 Å². The number of hydrogen-bond donors (Lipinski definition) is 1. The minimum absolute atomic E-state index is 0.608. The van der Waals surface area contributed by atoms with Crippen molar-refractivity contribution in [3.05, 3.63) is 64.3 Å². The molecule has 0 spiro atoms. The summed E-state index contributed by atoms with van der Waals surface area (Å²) in [6.07, 6.45) is 0. The molecule has 3 nitrogen and oxygen atoms in total. The molecule has 3 aromatic rings. The van der Waals surface area contributed by atoms with Gasteiger partial charge in [-0.05, 0) is 37.3 Å². The molecule has 3 rings (SSSR count). The van der Waals surface area contributed by atoms with Crippen LogP contribution in [0.5, 0.6) is 0 Å². The summed E-state index contributed by atoms with van der Waals surface area (Å²) in [5, 5.41) is 13.6. The van der Waals surface area contributed by atoms with Crippen molar-refractivity contribution in [2.75, 3.05) is 5.32 Å². The summed E-state index contributed by atoms with van der Waals surface area (Å²) < 4.78 is 0.930. The number of nitriles is 1. The summed E-state index contributed by atoms with van der Waals surface area (Å²) in [5.74, 6) is 0. The van der Waals surface area contributed by atoms with Gasteiger partial charge in [-0.15, -0.1) is 0 Å². The molecule has 0 amide bonds. The van der Waals surface area contributed by atoms with Crippen molar-refractivity contribution in [3.63, 3.8) is 0 Å². The van der Waals surface area contributed by atoms with Crippen LogP contribution in [0.1, 0.15) is 11.3 Å². The van der Waals surface area contributed by atoms with Crippen LogP contribution in [0, 0.1) is 18.3 Å². The van der Waals surface area contributed by atoms with Crippen LogP contribution >= 0.6 is 15.9 Å². The van der Waals surface area contributed by atoms with E-state index in [4.69, 9.17) is 0 Å². The van der Waals surface area contributed by atoms with Gasteiger partial charge in [-0.1, -0.05) is 34.1 Å². The first kappa shape index (κ1) is 13.6. The second-order valence-corrected chi connectivity index (χ2v) is 5.67. The molecule has 0 fully saturated rings. The zero-order valence-corrected chi connectivity index (χ0v) is 13.0. The summed E-state index contributed by atoms with van der Waals surface area (Å²) in [7, 11) is 0. The minimum Gasteiger partial charge on any atom is -0.354 e. The van der Waals surface area contributed by atoms with E-state index in [-0.39, 0.29) is 0 Å². The number of halogens is 1. The third kappa shape index (κ3) is 2.74. The molecule has 0 saturated heterocycles. The van der Waals surface area contributed by atoms with E-state index in [9.17, 15) is 5.26 Å². The summed E-state index contributed by atoms with van der Waals surface area (Å²) >= 11 is 3.44. The van der Waals surface area contributed by atoms with Gasteiger partial charge < -0.3 is 5.32 Å². The standard InChI is InChI=1S/C17H12BrN3/c1-11-8-17(14-4-2-3-5-15(14)20-11)21-16-9-13(18)7-6-12(16)10-19/h2-9H,1H3,(H,20,21). The molecule has 0 saturated carbocycles. The van der Waals surface area contributed by atoms with Gasteiger partial charge in [0.1, 0.15) is 6.07 Å². The van der Waals surface area contributed by atoms with Gasteiger partial charge in [-0.25, -0.2) is 0 Å². The van der Waals surface area contributed by atoms with Crippen LogP contribution in [0.25, 0.3) is 10.9 Å². The number of anilines is 2. The topological polar surface area (TPSA) is 48.7 Å². The molecule has 0 aliphatic heterocycles. The first-order valence-electron chi connectivity index (χ1n) is 6.50. The van der Waals surface area contributed by atoms with Crippen molar-refractivity contribution in [3.8, 4) is 6.07 Å². The molecule has 0 bridgehead atoms. The minimum atomic E-state index is 0.608. The molecular weight excluding hydrogens is 326 g/mol. The highest BCUT2D eigenvalue weighted by Crippen LogP contribution is 2.29. The van der Waals surface area contributed by atoms with Crippen molar-refractivity contribution in [1.82, 2.24) is 4.98 Å². The number of aromatic nitrogens is 1. The van der Waals surface area contributed by atoms with E-state index < -0.39 is 0 Å². The fourth-order valence-electron chi connectivity index (χ4n) is 2.27. The van der Waals surface area contributed by atoms with Gasteiger partial charge in [0, 0.05) is 21.2 Å². The normalized spacial score (nSPS) is 10.3. The lowest BCUT2D eigenvalue weighted by molar-refractivity contribution is 1.25. The Morgan fingerprint density at radius 2 is 1.90 bits per heavy atom. The molecule has 0 aliphatic carbocycles. The molecule has 4 heteroatoms. The monoisotopic (exact) mass is 337 g/mol. The van der Waals surface area contributed by atoms with Crippen LogP contribution < -0.4 is 5.32 Å². The van der Waals surface area contributed by atoms with Gasteiger partial charge in [-0.2, -0.15) is 5.26 Å². The second kappa shape index (κ2) is 5.55. The number of rotatable bonds is 2. The van der Waals surface area contributed by atoms with E-state index in [1.165, 1.54) is 0 Å². The second-order valence-electron chi connectivity index (χ2n) is 4.76. The Labute approximate surface area is 131 Å². The SMILES string of the molecule is Cc1cc(Nc2cc(Br)ccc2C#N)c2ccccc2n1. The van der Waals surface area contributed by atoms with Gasteiger partial charge in [0.2, 0.25) is 0 Å². The van der Waals surface area contributed by atoms with E-state index in [2.05, 4.69) is 32.3 Å². The number of para-hydroxylation sites is 1. The number of benzene rings is 2. The highest BCUT2D eigenvalue weighted by Gasteiger charge is 2.07. The largest absolute Gasteiger partial charge is 0.354 e. The quantitative estimate of drug-likeness (QED) is 0.721. The Morgan fingerprint density at radius 1 is 1.10 bits per heavy atom. The molecule has 1 aromatic heterocycles. The first-order valence-corrected chi connectivity index (χ1v) is 7.30. The van der Waals surface area contributed by atoms with Gasteiger partial charge in [0.05, 0.1) is 16.8 Å². The van der Waals surface area contributed by atoms with Crippen LogP contribution in [0.2, 0.25) is 0 Å². The van der Waals surface area contributed by atoms with Crippen molar-refractivity contribution in [2.45, 2.75) is 6.92 Å². The van der Waals surface area contributed by atoms with Crippen molar-refractivity contribution in [2.24, 2.45) is 0 Å².